The minimum absolute atomic E-state index is 0.107. The molecule has 1 aliphatic heterocycles. The Hall–Kier alpha value is -1.04. The van der Waals surface area contributed by atoms with E-state index >= 15 is 0 Å². The van der Waals surface area contributed by atoms with Crippen LogP contribution >= 0.6 is 15.9 Å². The Labute approximate surface area is 124 Å². The fourth-order valence-corrected chi connectivity index (χ4v) is 2.72. The van der Waals surface area contributed by atoms with Gasteiger partial charge in [0.1, 0.15) is 0 Å². The second kappa shape index (κ2) is 6.16. The molecule has 1 atom stereocenters. The molecule has 1 heterocycles. The number of piperidine rings is 1. The highest BCUT2D eigenvalue weighted by Gasteiger charge is 2.42. The van der Waals surface area contributed by atoms with Gasteiger partial charge in [0.25, 0.3) is 5.91 Å². The molecule has 1 unspecified atom stereocenters. The Morgan fingerprint density at radius 3 is 2.50 bits per heavy atom. The summed E-state index contributed by atoms with van der Waals surface area (Å²) in [5, 5.41) is 0.682. The molecule has 1 fully saturated rings. The monoisotopic (exact) mass is 349 g/mol. The van der Waals surface area contributed by atoms with E-state index < -0.39 is 12.1 Å². The number of hydrogen-bond acceptors (Lipinski definition) is 1. The maximum atomic E-state index is 12.7. The molecule has 6 heteroatoms. The third-order valence-corrected chi connectivity index (χ3v) is 4.17. The molecule has 20 heavy (non-hydrogen) atoms. The van der Waals surface area contributed by atoms with E-state index in [1.54, 1.807) is 24.3 Å². The van der Waals surface area contributed by atoms with Gasteiger partial charge in [0, 0.05) is 24.0 Å². The van der Waals surface area contributed by atoms with Gasteiger partial charge in [-0.2, -0.15) is 13.2 Å². The number of hydrogen-bond donors (Lipinski definition) is 0. The molecule has 0 radical (unpaired) electrons. The number of halogens is 4. The molecular weight excluding hydrogens is 335 g/mol. The van der Waals surface area contributed by atoms with Crippen LogP contribution in [-0.4, -0.2) is 30.1 Å². The molecule has 1 aromatic carbocycles. The van der Waals surface area contributed by atoms with Gasteiger partial charge in [-0.05, 0) is 30.5 Å². The standard InChI is InChI=1S/C14H15BrF3NO/c15-8-10-3-5-11(6-4-10)13(20)19-7-1-2-12(9-19)14(16,17)18/h3-6,12H,1-2,7-9H2. The first-order valence-electron chi connectivity index (χ1n) is 6.42. The molecule has 0 aliphatic carbocycles. The van der Waals surface area contributed by atoms with Gasteiger partial charge in [-0.15, -0.1) is 0 Å². The zero-order valence-corrected chi connectivity index (χ0v) is 12.4. The Morgan fingerprint density at radius 2 is 1.95 bits per heavy atom. The van der Waals surface area contributed by atoms with Crippen LogP contribution in [0.15, 0.2) is 24.3 Å². The third kappa shape index (κ3) is 3.53. The minimum Gasteiger partial charge on any atom is -0.338 e. The topological polar surface area (TPSA) is 20.3 Å². The number of amides is 1. The predicted octanol–water partition coefficient (Wildman–Crippen LogP) is 4.00. The summed E-state index contributed by atoms with van der Waals surface area (Å²) in [4.78, 5) is 13.5. The number of alkyl halides is 4. The molecule has 0 spiro atoms. The van der Waals surface area contributed by atoms with E-state index in [1.165, 1.54) is 4.90 Å². The van der Waals surface area contributed by atoms with E-state index in [4.69, 9.17) is 0 Å². The lowest BCUT2D eigenvalue weighted by Gasteiger charge is -2.33. The van der Waals surface area contributed by atoms with Gasteiger partial charge in [0.2, 0.25) is 0 Å². The van der Waals surface area contributed by atoms with Crippen molar-refractivity contribution in [3.8, 4) is 0 Å². The maximum Gasteiger partial charge on any atom is 0.393 e. The Bertz CT molecular complexity index is 472. The van der Waals surface area contributed by atoms with E-state index in [2.05, 4.69) is 15.9 Å². The van der Waals surface area contributed by atoms with Crippen molar-refractivity contribution >= 4 is 21.8 Å². The summed E-state index contributed by atoms with van der Waals surface area (Å²) in [5.74, 6) is -1.72. The summed E-state index contributed by atoms with van der Waals surface area (Å²) < 4.78 is 38.2. The third-order valence-electron chi connectivity index (χ3n) is 3.53. The van der Waals surface area contributed by atoms with Crippen molar-refractivity contribution in [2.24, 2.45) is 5.92 Å². The highest BCUT2D eigenvalue weighted by molar-refractivity contribution is 9.08. The lowest BCUT2D eigenvalue weighted by Crippen LogP contribution is -2.44. The summed E-state index contributed by atoms with van der Waals surface area (Å²) in [6.07, 6.45) is -3.72. The molecule has 2 rings (SSSR count). The highest BCUT2D eigenvalue weighted by Crippen LogP contribution is 2.33. The van der Waals surface area contributed by atoms with Crippen molar-refractivity contribution < 1.29 is 18.0 Å². The van der Waals surface area contributed by atoms with Crippen LogP contribution in [0, 0.1) is 5.92 Å². The highest BCUT2D eigenvalue weighted by atomic mass is 79.9. The van der Waals surface area contributed by atoms with Crippen LogP contribution in [0.2, 0.25) is 0 Å². The van der Waals surface area contributed by atoms with E-state index in [1.807, 2.05) is 0 Å². The fraction of sp³-hybridized carbons (Fsp3) is 0.500. The quantitative estimate of drug-likeness (QED) is 0.739. The lowest BCUT2D eigenvalue weighted by atomic mass is 9.97. The van der Waals surface area contributed by atoms with Crippen LogP contribution in [0.25, 0.3) is 0 Å². The normalized spacial score (nSPS) is 20.0. The molecule has 0 N–H and O–H groups in total. The van der Waals surface area contributed by atoms with E-state index in [0.717, 1.165) is 5.56 Å². The fourth-order valence-electron chi connectivity index (χ4n) is 2.35. The second-order valence-corrected chi connectivity index (χ2v) is 5.52. The number of benzene rings is 1. The molecule has 0 bridgehead atoms. The first-order valence-corrected chi connectivity index (χ1v) is 7.55. The molecule has 2 nitrogen and oxygen atoms in total. The van der Waals surface area contributed by atoms with E-state index in [0.29, 0.717) is 23.9 Å². The summed E-state index contributed by atoms with van der Waals surface area (Å²) in [5.41, 5.74) is 1.46. The van der Waals surface area contributed by atoms with Gasteiger partial charge in [-0.1, -0.05) is 28.1 Å². The van der Waals surface area contributed by atoms with Crippen LogP contribution in [-0.2, 0) is 5.33 Å². The predicted molar refractivity (Wildman–Crippen MR) is 73.8 cm³/mol. The van der Waals surface area contributed by atoms with Gasteiger partial charge in [-0.25, -0.2) is 0 Å². The first kappa shape index (κ1) is 15.4. The van der Waals surface area contributed by atoms with Gasteiger partial charge >= 0.3 is 6.18 Å². The molecule has 1 saturated heterocycles. The van der Waals surface area contributed by atoms with Crippen LogP contribution in [0.1, 0.15) is 28.8 Å². The van der Waals surface area contributed by atoms with E-state index in [-0.39, 0.29) is 18.9 Å². The smallest absolute Gasteiger partial charge is 0.338 e. The molecule has 1 aliphatic rings. The summed E-state index contributed by atoms with van der Waals surface area (Å²) >= 11 is 3.31. The number of carbonyl (C=O) groups excluding carboxylic acids is 1. The maximum absolute atomic E-state index is 12.7. The van der Waals surface area contributed by atoms with Crippen LogP contribution in [0.4, 0.5) is 13.2 Å². The Balaban J connectivity index is 2.08. The minimum atomic E-state index is -4.22. The molecule has 110 valence electrons. The number of likely N-dealkylation sites (tertiary alicyclic amines) is 1. The summed E-state index contributed by atoms with van der Waals surface area (Å²) in [6.45, 7) is 0.161. The summed E-state index contributed by atoms with van der Waals surface area (Å²) in [6, 6.07) is 6.92. The van der Waals surface area contributed by atoms with Crippen LogP contribution in [0.5, 0.6) is 0 Å². The van der Waals surface area contributed by atoms with Crippen molar-refractivity contribution in [1.82, 2.24) is 4.90 Å². The number of nitrogens with zero attached hydrogens (tertiary/aromatic N) is 1. The van der Waals surface area contributed by atoms with E-state index in [9.17, 15) is 18.0 Å². The van der Waals surface area contributed by atoms with Crippen molar-refractivity contribution in [2.45, 2.75) is 24.3 Å². The van der Waals surface area contributed by atoms with Crippen molar-refractivity contribution in [2.75, 3.05) is 13.1 Å². The van der Waals surface area contributed by atoms with Gasteiger partial charge in [0.15, 0.2) is 0 Å². The Morgan fingerprint density at radius 1 is 1.30 bits per heavy atom. The Kier molecular flexibility index (Phi) is 4.73. The van der Waals surface area contributed by atoms with Crippen molar-refractivity contribution in [1.29, 1.82) is 0 Å². The lowest BCUT2D eigenvalue weighted by molar-refractivity contribution is -0.184. The van der Waals surface area contributed by atoms with Crippen LogP contribution in [0.3, 0.4) is 0 Å². The molecular formula is C14H15BrF3NO. The summed E-state index contributed by atoms with van der Waals surface area (Å²) in [7, 11) is 0. The number of rotatable bonds is 2. The zero-order chi connectivity index (χ0) is 14.8. The van der Waals surface area contributed by atoms with Crippen molar-refractivity contribution in [3.63, 3.8) is 0 Å². The zero-order valence-electron chi connectivity index (χ0n) is 10.8. The average Bonchev–Trinajstić information content (AvgIpc) is 2.46. The molecule has 1 aromatic rings. The number of carbonyl (C=O) groups is 1. The first-order chi connectivity index (χ1) is 9.41. The SMILES string of the molecule is O=C(c1ccc(CBr)cc1)N1CCCC(C(F)(F)F)C1. The molecule has 0 aromatic heterocycles. The van der Waals surface area contributed by atoms with Gasteiger partial charge in [0.05, 0.1) is 5.92 Å². The largest absolute Gasteiger partial charge is 0.393 e. The molecule has 1 amide bonds. The van der Waals surface area contributed by atoms with Crippen LogP contribution < -0.4 is 0 Å². The second-order valence-electron chi connectivity index (χ2n) is 4.96. The van der Waals surface area contributed by atoms with Crippen molar-refractivity contribution in [3.05, 3.63) is 35.4 Å². The van der Waals surface area contributed by atoms with Gasteiger partial charge < -0.3 is 4.90 Å². The van der Waals surface area contributed by atoms with Gasteiger partial charge in [-0.3, -0.25) is 4.79 Å². The molecule has 0 saturated carbocycles. The average molecular weight is 350 g/mol.